The zero-order valence-electron chi connectivity index (χ0n) is 13.5. The van der Waals surface area contributed by atoms with Gasteiger partial charge in [0.1, 0.15) is 4.33 Å². The molecule has 0 aromatic heterocycles. The monoisotopic (exact) mass is 395 g/mol. The lowest BCUT2D eigenvalue weighted by Gasteiger charge is -2.09. The quantitative estimate of drug-likeness (QED) is 0.465. The van der Waals surface area contributed by atoms with Crippen molar-refractivity contribution in [2.45, 2.75) is 48.8 Å². The van der Waals surface area contributed by atoms with Crippen LogP contribution in [0.3, 0.4) is 0 Å². The molecule has 7 heteroatoms. The van der Waals surface area contributed by atoms with Crippen LogP contribution in [0.15, 0.2) is 32.9 Å². The SMILES string of the molecule is CCCCC[S@@](C[C@@H]1CC1(Cl)Cl)=NS(=O)(=O)c1ccc(C)cc1. The van der Waals surface area contributed by atoms with Crippen LogP contribution in [0.1, 0.15) is 38.2 Å². The molecule has 0 N–H and O–H groups in total. The third kappa shape index (κ3) is 5.73. The van der Waals surface area contributed by atoms with E-state index in [2.05, 4.69) is 10.7 Å². The molecule has 2 rings (SSSR count). The van der Waals surface area contributed by atoms with Crippen LogP contribution in [0, 0.1) is 12.8 Å². The molecule has 1 fully saturated rings. The lowest BCUT2D eigenvalue weighted by molar-refractivity contribution is 0.598. The van der Waals surface area contributed by atoms with Crippen LogP contribution in [-0.4, -0.2) is 24.3 Å². The van der Waals surface area contributed by atoms with Crippen molar-refractivity contribution in [3.63, 3.8) is 0 Å². The van der Waals surface area contributed by atoms with E-state index in [1.807, 2.05) is 6.92 Å². The van der Waals surface area contributed by atoms with E-state index in [0.717, 1.165) is 37.0 Å². The van der Waals surface area contributed by atoms with Crippen LogP contribution in [0.5, 0.6) is 0 Å². The van der Waals surface area contributed by atoms with Gasteiger partial charge in [0.15, 0.2) is 0 Å². The van der Waals surface area contributed by atoms with E-state index in [1.54, 1.807) is 24.3 Å². The van der Waals surface area contributed by atoms with E-state index in [-0.39, 0.29) is 10.8 Å². The number of benzene rings is 1. The lowest BCUT2D eigenvalue weighted by atomic mass is 10.2. The maximum absolute atomic E-state index is 12.5. The second-order valence-corrected chi connectivity index (χ2v) is 11.3. The molecule has 23 heavy (non-hydrogen) atoms. The van der Waals surface area contributed by atoms with Crippen LogP contribution in [0.2, 0.25) is 0 Å². The average molecular weight is 396 g/mol. The Morgan fingerprint density at radius 1 is 1.26 bits per heavy atom. The molecular weight excluding hydrogens is 373 g/mol. The molecule has 0 amide bonds. The van der Waals surface area contributed by atoms with Gasteiger partial charge in [-0.3, -0.25) is 0 Å². The van der Waals surface area contributed by atoms with E-state index in [1.165, 1.54) is 0 Å². The minimum Gasteiger partial charge on any atom is -0.199 e. The zero-order chi connectivity index (χ0) is 17.1. The van der Waals surface area contributed by atoms with Crippen molar-refractivity contribution in [2.24, 2.45) is 9.69 Å². The molecule has 1 aromatic rings. The maximum atomic E-state index is 12.5. The summed E-state index contributed by atoms with van der Waals surface area (Å²) < 4.78 is 28.6. The van der Waals surface area contributed by atoms with Crippen molar-refractivity contribution in [3.05, 3.63) is 29.8 Å². The van der Waals surface area contributed by atoms with Crippen molar-refractivity contribution in [2.75, 3.05) is 11.5 Å². The fourth-order valence-electron chi connectivity index (χ4n) is 2.24. The Balaban J connectivity index is 2.17. The van der Waals surface area contributed by atoms with Gasteiger partial charge in [-0.1, -0.05) is 48.2 Å². The summed E-state index contributed by atoms with van der Waals surface area (Å²) in [5, 5.41) is 0. The van der Waals surface area contributed by atoms with Crippen molar-refractivity contribution < 1.29 is 8.42 Å². The number of aryl methyl sites for hydroxylation is 1. The molecule has 3 nitrogen and oxygen atoms in total. The predicted molar refractivity (Wildman–Crippen MR) is 100.0 cm³/mol. The standard InChI is InChI=1S/C16H23Cl2NO2S2/c1-3-4-5-10-22(12-14-11-16(14,17)18)19-23(20,21)15-8-6-13(2)7-9-15/h6-9,14H,3-5,10-12H2,1-2H3/t14-,22-/m0/s1. The first-order valence-electron chi connectivity index (χ1n) is 7.85. The summed E-state index contributed by atoms with van der Waals surface area (Å²) in [6.45, 7) is 4.05. The third-order valence-corrected chi connectivity index (χ3v) is 8.82. The smallest absolute Gasteiger partial charge is 0.199 e. The molecule has 0 heterocycles. The van der Waals surface area contributed by atoms with Crippen LogP contribution in [0.25, 0.3) is 0 Å². The molecule has 130 valence electrons. The number of unbranched alkanes of at least 4 members (excludes halogenated alkanes) is 2. The Bertz CT molecular complexity index is 670. The minimum atomic E-state index is -3.62. The highest BCUT2D eigenvalue weighted by molar-refractivity contribution is 8.00. The molecule has 1 aliphatic rings. The third-order valence-electron chi connectivity index (χ3n) is 3.86. The first kappa shape index (κ1) is 19.2. The van der Waals surface area contributed by atoms with Crippen LogP contribution in [0.4, 0.5) is 0 Å². The second-order valence-electron chi connectivity index (χ2n) is 6.06. The Morgan fingerprint density at radius 2 is 1.87 bits per heavy atom. The van der Waals surface area contributed by atoms with Crippen molar-refractivity contribution in [1.82, 2.24) is 0 Å². The van der Waals surface area contributed by atoms with Crippen molar-refractivity contribution in [3.8, 4) is 0 Å². The molecule has 1 aromatic carbocycles. The molecule has 2 atom stereocenters. The molecule has 0 saturated heterocycles. The van der Waals surface area contributed by atoms with E-state index in [9.17, 15) is 8.42 Å². The molecule has 0 bridgehead atoms. The summed E-state index contributed by atoms with van der Waals surface area (Å²) in [5.74, 6) is 1.62. The molecule has 0 aliphatic heterocycles. The Hall–Kier alpha value is -0.1000. The fourth-order valence-corrected chi connectivity index (χ4v) is 7.00. The van der Waals surface area contributed by atoms with Crippen LogP contribution < -0.4 is 0 Å². The average Bonchev–Trinajstić information content (AvgIpc) is 3.05. The lowest BCUT2D eigenvalue weighted by Crippen LogP contribution is -2.10. The first-order chi connectivity index (χ1) is 10.7. The Labute approximate surface area is 151 Å². The number of sulfonamides is 1. The minimum absolute atomic E-state index is 0.160. The van der Waals surface area contributed by atoms with Gasteiger partial charge in [-0.15, -0.1) is 27.0 Å². The Kier molecular flexibility index (Phi) is 6.57. The van der Waals surface area contributed by atoms with E-state index < -0.39 is 25.0 Å². The Morgan fingerprint density at radius 3 is 2.39 bits per heavy atom. The highest BCUT2D eigenvalue weighted by Crippen LogP contribution is 2.53. The highest BCUT2D eigenvalue weighted by Gasteiger charge is 2.51. The van der Waals surface area contributed by atoms with Gasteiger partial charge in [0.25, 0.3) is 10.0 Å². The number of rotatable bonds is 8. The summed E-state index contributed by atoms with van der Waals surface area (Å²) in [6.07, 6.45) is 3.89. The summed E-state index contributed by atoms with van der Waals surface area (Å²) in [7, 11) is -4.16. The van der Waals surface area contributed by atoms with Gasteiger partial charge in [0.2, 0.25) is 0 Å². The van der Waals surface area contributed by atoms with Gasteiger partial charge in [0.05, 0.1) is 4.90 Å². The number of nitrogens with zero attached hydrogens (tertiary/aromatic N) is 1. The zero-order valence-corrected chi connectivity index (χ0v) is 16.6. The normalized spacial score (nSPS) is 21.3. The van der Waals surface area contributed by atoms with Gasteiger partial charge in [-0.2, -0.15) is 8.42 Å². The summed E-state index contributed by atoms with van der Waals surface area (Å²) >= 11 is 12.2. The van der Waals surface area contributed by atoms with Gasteiger partial charge < -0.3 is 0 Å². The largest absolute Gasteiger partial charge is 0.287 e. The number of alkyl halides is 2. The van der Waals surface area contributed by atoms with E-state index >= 15 is 0 Å². The number of hydrogen-bond donors (Lipinski definition) is 0. The first-order valence-corrected chi connectivity index (χ1v) is 11.6. The molecule has 0 spiro atoms. The molecular formula is C16H23Cl2NO2S2. The van der Waals surface area contributed by atoms with Crippen molar-refractivity contribution >= 4 is 43.9 Å². The van der Waals surface area contributed by atoms with Gasteiger partial charge >= 0.3 is 0 Å². The summed E-state index contributed by atoms with van der Waals surface area (Å²) in [5.41, 5.74) is 1.03. The molecule has 0 radical (unpaired) electrons. The van der Waals surface area contributed by atoms with Gasteiger partial charge in [0, 0.05) is 17.4 Å². The van der Waals surface area contributed by atoms with Crippen molar-refractivity contribution in [1.29, 1.82) is 0 Å². The highest BCUT2D eigenvalue weighted by atomic mass is 35.5. The number of halogens is 2. The number of hydrogen-bond acceptors (Lipinski definition) is 2. The van der Waals surface area contributed by atoms with Gasteiger partial charge in [-0.05, 0) is 31.9 Å². The second kappa shape index (κ2) is 7.85. The fraction of sp³-hybridized carbons (Fsp3) is 0.625. The summed E-state index contributed by atoms with van der Waals surface area (Å²) in [6, 6.07) is 6.82. The van der Waals surface area contributed by atoms with E-state index in [0.29, 0.717) is 5.75 Å². The van der Waals surface area contributed by atoms with Crippen LogP contribution >= 0.6 is 23.2 Å². The maximum Gasteiger partial charge on any atom is 0.287 e. The predicted octanol–water partition coefficient (Wildman–Crippen LogP) is 4.87. The van der Waals surface area contributed by atoms with Crippen LogP contribution in [-0.2, 0) is 20.7 Å². The molecule has 1 saturated carbocycles. The van der Waals surface area contributed by atoms with E-state index in [4.69, 9.17) is 23.2 Å². The van der Waals surface area contributed by atoms with Gasteiger partial charge in [-0.25, -0.2) is 0 Å². The molecule has 0 unspecified atom stereocenters. The topological polar surface area (TPSA) is 46.5 Å². The molecule has 1 aliphatic carbocycles. The summed E-state index contributed by atoms with van der Waals surface area (Å²) in [4.78, 5) is 0.259.